The average molecular weight is 365 g/mol. The number of piperidine rings is 1. The van der Waals surface area contributed by atoms with Crippen molar-refractivity contribution < 1.29 is 14.6 Å². The van der Waals surface area contributed by atoms with Gasteiger partial charge in [-0.2, -0.15) is 0 Å². The fourth-order valence-corrected chi connectivity index (χ4v) is 3.98. The average Bonchev–Trinajstić information content (AvgIpc) is 2.95. The number of benzene rings is 1. The van der Waals surface area contributed by atoms with Crippen LogP contribution in [0.2, 0.25) is 0 Å². The van der Waals surface area contributed by atoms with E-state index in [-0.39, 0.29) is 6.10 Å². The lowest BCUT2D eigenvalue weighted by Gasteiger charge is -2.31. The van der Waals surface area contributed by atoms with E-state index in [1.807, 2.05) is 32.9 Å². The quantitative estimate of drug-likeness (QED) is 0.773. The molecule has 7 heteroatoms. The third-order valence-electron chi connectivity index (χ3n) is 4.13. The summed E-state index contributed by atoms with van der Waals surface area (Å²) in [6.07, 6.45) is 1.28. The lowest BCUT2D eigenvalue weighted by Crippen LogP contribution is -2.35. The lowest BCUT2D eigenvalue weighted by molar-refractivity contribution is 0.100. The second-order valence-corrected chi connectivity index (χ2v) is 6.73. The Morgan fingerprint density at radius 3 is 2.56 bits per heavy atom. The molecule has 25 heavy (non-hydrogen) atoms. The van der Waals surface area contributed by atoms with Crippen molar-refractivity contribution in [3.05, 3.63) is 17.0 Å². The van der Waals surface area contributed by atoms with Crippen LogP contribution >= 0.6 is 11.3 Å². The van der Waals surface area contributed by atoms with Gasteiger partial charge in [0.25, 0.3) is 5.91 Å². The molecule has 0 radical (unpaired) electrons. The SMILES string of the molecule is CC.CCOc1cc(N2CCC(O)CC2)cc2sc(C(N)=O)c(N)c12. The number of rotatable bonds is 4. The van der Waals surface area contributed by atoms with E-state index in [0.29, 0.717) is 22.9 Å². The number of fused-ring (bicyclic) bond motifs is 1. The fraction of sp³-hybridized carbons (Fsp3) is 0.500. The molecular weight excluding hydrogens is 338 g/mol. The summed E-state index contributed by atoms with van der Waals surface area (Å²) in [6.45, 7) is 8.01. The van der Waals surface area contributed by atoms with Crippen molar-refractivity contribution >= 4 is 38.7 Å². The van der Waals surface area contributed by atoms with Crippen LogP contribution < -0.4 is 21.1 Å². The van der Waals surface area contributed by atoms with Crippen molar-refractivity contribution in [3.8, 4) is 5.75 Å². The number of hydrogen-bond acceptors (Lipinski definition) is 6. The van der Waals surface area contributed by atoms with E-state index in [2.05, 4.69) is 4.90 Å². The van der Waals surface area contributed by atoms with Gasteiger partial charge in [-0.3, -0.25) is 4.79 Å². The number of carbonyl (C=O) groups is 1. The van der Waals surface area contributed by atoms with Gasteiger partial charge in [-0.25, -0.2) is 0 Å². The van der Waals surface area contributed by atoms with E-state index < -0.39 is 5.91 Å². The maximum Gasteiger partial charge on any atom is 0.260 e. The molecule has 6 nitrogen and oxygen atoms in total. The molecule has 138 valence electrons. The summed E-state index contributed by atoms with van der Waals surface area (Å²) in [5, 5.41) is 10.4. The Bertz CT molecular complexity index is 737. The molecule has 1 aromatic heterocycles. The first-order valence-electron chi connectivity index (χ1n) is 8.73. The maximum atomic E-state index is 11.6. The second kappa shape index (κ2) is 8.40. The summed E-state index contributed by atoms with van der Waals surface area (Å²) in [5.74, 6) is 0.154. The van der Waals surface area contributed by atoms with Gasteiger partial charge in [0, 0.05) is 29.5 Å². The number of anilines is 2. The maximum absolute atomic E-state index is 11.6. The van der Waals surface area contributed by atoms with E-state index in [4.69, 9.17) is 16.2 Å². The van der Waals surface area contributed by atoms with Crippen molar-refractivity contribution in [3.63, 3.8) is 0 Å². The van der Waals surface area contributed by atoms with Crippen LogP contribution in [0.15, 0.2) is 12.1 Å². The minimum Gasteiger partial charge on any atom is -0.493 e. The first-order valence-corrected chi connectivity index (χ1v) is 9.54. The molecule has 1 aromatic carbocycles. The van der Waals surface area contributed by atoms with Crippen LogP contribution in [-0.4, -0.2) is 36.8 Å². The molecule has 1 fully saturated rings. The van der Waals surface area contributed by atoms with Gasteiger partial charge in [0.1, 0.15) is 10.6 Å². The number of ether oxygens (including phenoxy) is 1. The summed E-state index contributed by atoms with van der Waals surface area (Å²) in [7, 11) is 0. The van der Waals surface area contributed by atoms with Gasteiger partial charge in [-0.1, -0.05) is 13.8 Å². The van der Waals surface area contributed by atoms with Crippen molar-refractivity contribution in [2.24, 2.45) is 5.73 Å². The Kier molecular flexibility index (Phi) is 6.50. The van der Waals surface area contributed by atoms with Crippen molar-refractivity contribution in [2.75, 3.05) is 30.3 Å². The largest absolute Gasteiger partial charge is 0.493 e. The highest BCUT2D eigenvalue weighted by atomic mass is 32.1. The van der Waals surface area contributed by atoms with Gasteiger partial charge in [0.05, 0.1) is 23.8 Å². The fourth-order valence-electron chi connectivity index (χ4n) is 2.96. The second-order valence-electron chi connectivity index (χ2n) is 5.68. The molecule has 2 aromatic rings. The van der Waals surface area contributed by atoms with Gasteiger partial charge in [0.2, 0.25) is 0 Å². The first-order chi connectivity index (χ1) is 12.0. The summed E-state index contributed by atoms with van der Waals surface area (Å²) >= 11 is 1.30. The van der Waals surface area contributed by atoms with Gasteiger partial charge in [0.15, 0.2) is 0 Å². The minimum absolute atomic E-state index is 0.222. The first kappa shape index (κ1) is 19.3. The Hall–Kier alpha value is -1.99. The molecule has 0 unspecified atom stereocenters. The zero-order valence-electron chi connectivity index (χ0n) is 15.0. The highest BCUT2D eigenvalue weighted by Gasteiger charge is 2.22. The molecule has 5 N–H and O–H groups in total. The number of hydrogen-bond donors (Lipinski definition) is 3. The van der Waals surface area contributed by atoms with E-state index in [1.165, 1.54) is 11.3 Å². The molecule has 3 rings (SSSR count). The molecule has 1 aliphatic rings. The molecule has 1 amide bonds. The van der Waals surface area contributed by atoms with Crippen LogP contribution in [-0.2, 0) is 0 Å². The number of aliphatic hydroxyl groups excluding tert-OH is 1. The number of carbonyl (C=O) groups excluding carboxylic acids is 1. The number of amides is 1. The van der Waals surface area contributed by atoms with Crippen LogP contribution in [0.1, 0.15) is 43.3 Å². The monoisotopic (exact) mass is 365 g/mol. The molecule has 0 atom stereocenters. The number of primary amides is 1. The normalized spacial score (nSPS) is 15.0. The molecule has 0 aliphatic carbocycles. The number of thiophene rings is 1. The number of aliphatic hydroxyl groups is 1. The Balaban J connectivity index is 0.00000109. The third-order valence-corrected chi connectivity index (χ3v) is 5.30. The molecule has 0 saturated carbocycles. The number of nitrogens with zero attached hydrogens (tertiary/aromatic N) is 1. The topological polar surface area (TPSA) is 102 Å². The van der Waals surface area contributed by atoms with Gasteiger partial charge in [-0.15, -0.1) is 11.3 Å². The van der Waals surface area contributed by atoms with Crippen LogP contribution in [0, 0.1) is 0 Å². The molecule has 2 heterocycles. The number of nitrogens with two attached hydrogens (primary N) is 2. The van der Waals surface area contributed by atoms with Crippen molar-refractivity contribution in [2.45, 2.75) is 39.7 Å². The van der Waals surface area contributed by atoms with Crippen molar-refractivity contribution in [1.82, 2.24) is 0 Å². The van der Waals surface area contributed by atoms with Gasteiger partial charge >= 0.3 is 0 Å². The Morgan fingerprint density at radius 1 is 1.36 bits per heavy atom. The minimum atomic E-state index is -0.520. The summed E-state index contributed by atoms with van der Waals surface area (Å²) < 4.78 is 6.64. The molecular formula is C18H27N3O3S. The van der Waals surface area contributed by atoms with Crippen LogP contribution in [0.25, 0.3) is 10.1 Å². The zero-order chi connectivity index (χ0) is 18.6. The van der Waals surface area contributed by atoms with Crippen LogP contribution in [0.4, 0.5) is 11.4 Å². The van der Waals surface area contributed by atoms with Crippen molar-refractivity contribution in [1.29, 1.82) is 0 Å². The number of nitrogen functional groups attached to an aromatic ring is 1. The smallest absolute Gasteiger partial charge is 0.260 e. The summed E-state index contributed by atoms with van der Waals surface area (Å²) in [4.78, 5) is 14.1. The van der Waals surface area contributed by atoms with Crippen LogP contribution in [0.5, 0.6) is 5.75 Å². The zero-order valence-corrected chi connectivity index (χ0v) is 15.9. The van der Waals surface area contributed by atoms with E-state index in [9.17, 15) is 9.90 Å². The predicted octanol–water partition coefficient (Wildman–Crippen LogP) is 2.97. The van der Waals surface area contributed by atoms with Gasteiger partial charge < -0.3 is 26.2 Å². The Morgan fingerprint density at radius 2 is 2.00 bits per heavy atom. The molecule has 1 saturated heterocycles. The third kappa shape index (κ3) is 3.99. The summed E-state index contributed by atoms with van der Waals surface area (Å²) in [6, 6.07) is 3.97. The molecule has 0 bridgehead atoms. The van der Waals surface area contributed by atoms with E-state index in [1.54, 1.807) is 0 Å². The standard InChI is InChI=1S/C16H21N3O3S.C2H6/c1-2-22-11-7-9(19-5-3-10(20)4-6-19)8-12-13(11)14(17)15(23-12)16(18)21;1-2/h7-8,10,20H,2-6,17H2,1H3,(H2,18,21);1-2H3. The van der Waals surface area contributed by atoms with Gasteiger partial charge in [-0.05, 0) is 25.8 Å². The predicted molar refractivity (Wildman–Crippen MR) is 105 cm³/mol. The highest BCUT2D eigenvalue weighted by molar-refractivity contribution is 7.21. The van der Waals surface area contributed by atoms with E-state index in [0.717, 1.165) is 41.7 Å². The molecule has 0 spiro atoms. The Labute approximate surface area is 152 Å². The van der Waals surface area contributed by atoms with Crippen LogP contribution in [0.3, 0.4) is 0 Å². The van der Waals surface area contributed by atoms with E-state index >= 15 is 0 Å². The molecule has 1 aliphatic heterocycles. The summed E-state index contributed by atoms with van der Waals surface area (Å²) in [5.41, 5.74) is 12.9. The lowest BCUT2D eigenvalue weighted by atomic mass is 10.1. The highest BCUT2D eigenvalue weighted by Crippen LogP contribution is 2.42.